The van der Waals surface area contributed by atoms with Gasteiger partial charge in [-0.25, -0.2) is 10.1 Å². The Hall–Kier alpha value is -2.61. The Labute approximate surface area is 156 Å². The molecular formula is C18H22N6OS. The average Bonchev–Trinajstić information content (AvgIpc) is 3.06. The highest BCUT2D eigenvalue weighted by molar-refractivity contribution is 7.98. The molecule has 0 spiro atoms. The van der Waals surface area contributed by atoms with Crippen LogP contribution in [0.1, 0.15) is 22.6 Å². The first-order valence-corrected chi connectivity index (χ1v) is 9.68. The van der Waals surface area contributed by atoms with E-state index in [1.807, 2.05) is 37.3 Å². The van der Waals surface area contributed by atoms with Gasteiger partial charge in [0.1, 0.15) is 5.69 Å². The summed E-state index contributed by atoms with van der Waals surface area (Å²) in [7, 11) is 0. The van der Waals surface area contributed by atoms with E-state index in [4.69, 9.17) is 0 Å². The van der Waals surface area contributed by atoms with Crippen molar-refractivity contribution >= 4 is 17.7 Å². The Morgan fingerprint density at radius 3 is 2.73 bits per heavy atom. The Balaban J connectivity index is 1.42. The fraction of sp³-hybridized carbons (Fsp3) is 0.333. The summed E-state index contributed by atoms with van der Waals surface area (Å²) in [4.78, 5) is 23.5. The van der Waals surface area contributed by atoms with Crippen molar-refractivity contribution in [3.63, 3.8) is 0 Å². The molecule has 0 saturated heterocycles. The van der Waals surface area contributed by atoms with Gasteiger partial charge < -0.3 is 10.3 Å². The van der Waals surface area contributed by atoms with Crippen LogP contribution in [0.25, 0.3) is 0 Å². The van der Waals surface area contributed by atoms with Crippen molar-refractivity contribution < 1.29 is 0 Å². The third kappa shape index (κ3) is 5.19. The quantitative estimate of drug-likeness (QED) is 0.500. The van der Waals surface area contributed by atoms with Crippen LogP contribution in [0.15, 0.2) is 41.5 Å². The van der Waals surface area contributed by atoms with Crippen molar-refractivity contribution in [2.45, 2.75) is 25.5 Å². The van der Waals surface area contributed by atoms with E-state index >= 15 is 0 Å². The van der Waals surface area contributed by atoms with E-state index in [0.717, 1.165) is 29.3 Å². The maximum Gasteiger partial charge on any atom is 0.296 e. The van der Waals surface area contributed by atoms with E-state index in [1.165, 1.54) is 5.56 Å². The van der Waals surface area contributed by atoms with Crippen LogP contribution in [0, 0.1) is 6.92 Å². The largest absolute Gasteiger partial charge is 0.354 e. The summed E-state index contributed by atoms with van der Waals surface area (Å²) in [6.45, 7) is 2.71. The second-order valence-electron chi connectivity index (χ2n) is 5.88. The van der Waals surface area contributed by atoms with Crippen molar-refractivity contribution in [3.8, 4) is 0 Å². The zero-order valence-electron chi connectivity index (χ0n) is 14.7. The lowest BCUT2D eigenvalue weighted by molar-refractivity contribution is 0.813. The maximum absolute atomic E-state index is 12.1. The van der Waals surface area contributed by atoms with Crippen LogP contribution in [0.5, 0.6) is 0 Å². The summed E-state index contributed by atoms with van der Waals surface area (Å²) >= 11 is 1.77. The molecule has 8 heteroatoms. The van der Waals surface area contributed by atoms with Gasteiger partial charge in [0.15, 0.2) is 0 Å². The molecule has 26 heavy (non-hydrogen) atoms. The molecule has 0 bridgehead atoms. The molecule has 1 aromatic carbocycles. The van der Waals surface area contributed by atoms with Crippen LogP contribution < -0.4 is 10.9 Å². The molecule has 0 radical (unpaired) electrons. The number of aromatic amines is 2. The summed E-state index contributed by atoms with van der Waals surface area (Å²) in [6.07, 6.45) is 3.06. The van der Waals surface area contributed by atoms with Crippen LogP contribution in [-0.4, -0.2) is 37.4 Å². The molecule has 3 aromatic rings. The molecular weight excluding hydrogens is 348 g/mol. The van der Waals surface area contributed by atoms with Crippen molar-refractivity contribution in [1.29, 1.82) is 0 Å². The Bertz CT molecular complexity index is 877. The first-order valence-electron chi connectivity index (χ1n) is 8.52. The molecule has 0 fully saturated rings. The SMILES string of the molecule is Cc1[nH]cnc1CSCCNc1nc(=O)c(CCc2ccccc2)n[nH]1. The molecule has 0 aliphatic carbocycles. The zero-order valence-corrected chi connectivity index (χ0v) is 15.5. The molecule has 0 atom stereocenters. The number of aromatic nitrogens is 5. The van der Waals surface area contributed by atoms with Crippen molar-refractivity contribution in [3.05, 3.63) is 69.7 Å². The first kappa shape index (κ1) is 18.2. The average molecular weight is 370 g/mol. The number of nitrogens with one attached hydrogen (secondary N) is 3. The lowest BCUT2D eigenvalue weighted by Gasteiger charge is -2.06. The third-order valence-electron chi connectivity index (χ3n) is 3.96. The van der Waals surface area contributed by atoms with Crippen LogP contribution in [0.3, 0.4) is 0 Å². The standard InChI is InChI=1S/C18H22N6OS/c1-13-16(21-12-20-13)11-26-10-9-19-18-22-17(25)15(23-24-18)8-7-14-5-3-2-4-6-14/h2-6,12H,7-11H2,1H3,(H,20,21)(H2,19,22,24,25). The zero-order chi connectivity index (χ0) is 18.2. The number of thioether (sulfide) groups is 1. The minimum Gasteiger partial charge on any atom is -0.354 e. The number of anilines is 1. The van der Waals surface area contributed by atoms with Crippen LogP contribution in [0.4, 0.5) is 5.95 Å². The second-order valence-corrected chi connectivity index (χ2v) is 6.98. The van der Waals surface area contributed by atoms with Gasteiger partial charge in [0.05, 0.1) is 12.0 Å². The van der Waals surface area contributed by atoms with E-state index in [1.54, 1.807) is 18.1 Å². The van der Waals surface area contributed by atoms with Gasteiger partial charge in [0, 0.05) is 30.2 Å². The highest BCUT2D eigenvalue weighted by atomic mass is 32.2. The fourth-order valence-electron chi connectivity index (χ4n) is 2.45. The molecule has 0 amide bonds. The predicted molar refractivity (Wildman–Crippen MR) is 104 cm³/mol. The van der Waals surface area contributed by atoms with Crippen molar-refractivity contribution in [2.75, 3.05) is 17.6 Å². The number of hydrogen-bond acceptors (Lipinski definition) is 6. The predicted octanol–water partition coefficient (Wildman–Crippen LogP) is 2.33. The summed E-state index contributed by atoms with van der Waals surface area (Å²) in [5.41, 5.74) is 3.54. The van der Waals surface area contributed by atoms with Crippen molar-refractivity contribution in [1.82, 2.24) is 25.1 Å². The van der Waals surface area contributed by atoms with Crippen LogP contribution in [-0.2, 0) is 18.6 Å². The molecule has 7 nitrogen and oxygen atoms in total. The van der Waals surface area contributed by atoms with Gasteiger partial charge in [-0.05, 0) is 18.9 Å². The van der Waals surface area contributed by atoms with Gasteiger partial charge >= 0.3 is 0 Å². The molecule has 0 saturated carbocycles. The Morgan fingerprint density at radius 2 is 2.00 bits per heavy atom. The van der Waals surface area contributed by atoms with Gasteiger partial charge in [-0.2, -0.15) is 21.8 Å². The summed E-state index contributed by atoms with van der Waals surface area (Å²) in [5.74, 6) is 2.15. The van der Waals surface area contributed by atoms with Gasteiger partial charge in [-0.3, -0.25) is 4.79 Å². The van der Waals surface area contributed by atoms with E-state index in [-0.39, 0.29) is 5.56 Å². The molecule has 3 rings (SSSR count). The minimum absolute atomic E-state index is 0.276. The first-order chi connectivity index (χ1) is 12.7. The van der Waals surface area contributed by atoms with Crippen molar-refractivity contribution in [2.24, 2.45) is 0 Å². The number of hydrogen-bond donors (Lipinski definition) is 3. The van der Waals surface area contributed by atoms with Gasteiger partial charge in [0.25, 0.3) is 5.56 Å². The van der Waals surface area contributed by atoms with Gasteiger partial charge in [0.2, 0.25) is 5.95 Å². The molecule has 2 heterocycles. The van der Waals surface area contributed by atoms with E-state index < -0.39 is 0 Å². The second kappa shape index (κ2) is 9.19. The summed E-state index contributed by atoms with van der Waals surface area (Å²) < 4.78 is 0. The number of nitrogens with zero attached hydrogens (tertiary/aromatic N) is 3. The van der Waals surface area contributed by atoms with Gasteiger partial charge in [-0.15, -0.1) is 0 Å². The molecule has 136 valence electrons. The lowest BCUT2D eigenvalue weighted by atomic mass is 10.1. The minimum atomic E-state index is -0.276. The summed E-state index contributed by atoms with van der Waals surface area (Å²) in [6, 6.07) is 10.0. The molecule has 0 aliphatic rings. The molecule has 0 unspecified atom stereocenters. The highest BCUT2D eigenvalue weighted by Gasteiger charge is 2.06. The highest BCUT2D eigenvalue weighted by Crippen LogP contribution is 2.12. The third-order valence-corrected chi connectivity index (χ3v) is 4.93. The van der Waals surface area contributed by atoms with Crippen LogP contribution >= 0.6 is 11.8 Å². The summed E-state index contributed by atoms with van der Waals surface area (Å²) in [5, 5.41) is 10.1. The fourth-order valence-corrected chi connectivity index (χ4v) is 3.33. The Kier molecular flexibility index (Phi) is 6.43. The number of H-pyrrole nitrogens is 2. The normalized spacial score (nSPS) is 10.8. The lowest BCUT2D eigenvalue weighted by Crippen LogP contribution is -2.20. The van der Waals surface area contributed by atoms with Crippen LogP contribution in [0.2, 0.25) is 0 Å². The monoisotopic (exact) mass is 370 g/mol. The number of imidazole rings is 1. The van der Waals surface area contributed by atoms with Gasteiger partial charge in [-0.1, -0.05) is 30.3 Å². The number of aryl methyl sites for hydroxylation is 3. The Morgan fingerprint density at radius 1 is 1.15 bits per heavy atom. The van der Waals surface area contributed by atoms with E-state index in [2.05, 4.69) is 30.5 Å². The maximum atomic E-state index is 12.1. The molecule has 0 aliphatic heterocycles. The molecule has 3 N–H and O–H groups in total. The van der Waals surface area contributed by atoms with E-state index in [0.29, 0.717) is 24.6 Å². The smallest absolute Gasteiger partial charge is 0.296 e. The number of rotatable bonds is 9. The topological polar surface area (TPSA) is 99.3 Å². The van der Waals surface area contributed by atoms with E-state index in [9.17, 15) is 4.79 Å². The number of benzene rings is 1. The molecule has 2 aromatic heterocycles.